The van der Waals surface area contributed by atoms with Crippen molar-refractivity contribution in [2.24, 2.45) is 5.92 Å². The molecule has 0 aromatic carbocycles. The van der Waals surface area contributed by atoms with Crippen molar-refractivity contribution in [1.29, 1.82) is 5.26 Å². The van der Waals surface area contributed by atoms with Crippen molar-refractivity contribution in [2.75, 3.05) is 26.7 Å². The maximum atomic E-state index is 12.1. The number of nitrogens with zero attached hydrogens (tertiary/aromatic N) is 3. The van der Waals surface area contributed by atoms with Gasteiger partial charge in [0.05, 0.1) is 18.5 Å². The quantitative estimate of drug-likeness (QED) is 0.763. The normalized spacial score (nSPS) is 28.4. The molecule has 1 aliphatic carbocycles. The molecule has 1 saturated heterocycles. The van der Waals surface area contributed by atoms with Gasteiger partial charge in [0.25, 0.3) is 0 Å². The average Bonchev–Trinajstić information content (AvgIpc) is 2.92. The molecule has 0 N–H and O–H groups in total. The van der Waals surface area contributed by atoms with Gasteiger partial charge in [0.1, 0.15) is 0 Å². The summed E-state index contributed by atoms with van der Waals surface area (Å²) in [5.41, 5.74) is 0. The van der Waals surface area contributed by atoms with Gasteiger partial charge in [-0.15, -0.1) is 0 Å². The molecule has 0 aromatic heterocycles. The highest BCUT2D eigenvalue weighted by Gasteiger charge is 2.30. The van der Waals surface area contributed by atoms with Crippen LogP contribution < -0.4 is 0 Å². The summed E-state index contributed by atoms with van der Waals surface area (Å²) in [6, 6.07) is 2.68. The van der Waals surface area contributed by atoms with Crippen LogP contribution in [-0.4, -0.2) is 48.4 Å². The minimum absolute atomic E-state index is 0.107. The summed E-state index contributed by atoms with van der Waals surface area (Å²) in [6.45, 7) is 2.31. The van der Waals surface area contributed by atoms with Crippen molar-refractivity contribution >= 4 is 5.91 Å². The molecule has 4 nitrogen and oxygen atoms in total. The van der Waals surface area contributed by atoms with Gasteiger partial charge in [-0.3, -0.25) is 9.69 Å². The van der Waals surface area contributed by atoms with Crippen molar-refractivity contribution in [2.45, 2.75) is 44.6 Å². The number of likely N-dealkylation sites (N-methyl/N-ethyl adjacent to an activating group) is 1. The summed E-state index contributed by atoms with van der Waals surface area (Å²) in [4.78, 5) is 16.2. The van der Waals surface area contributed by atoms with Crippen LogP contribution in [0.15, 0.2) is 0 Å². The Hall–Kier alpha value is -1.08. The summed E-state index contributed by atoms with van der Waals surface area (Å²) in [6.07, 6.45) is 6.67. The fourth-order valence-corrected chi connectivity index (χ4v) is 3.19. The number of carbonyl (C=O) groups excluding carboxylic acids is 1. The van der Waals surface area contributed by atoms with Crippen LogP contribution in [0.5, 0.6) is 0 Å². The molecular formula is C14H23N3O. The van der Waals surface area contributed by atoms with Gasteiger partial charge in [-0.25, -0.2) is 0 Å². The monoisotopic (exact) mass is 249 g/mol. The summed E-state index contributed by atoms with van der Waals surface area (Å²) < 4.78 is 0. The molecule has 18 heavy (non-hydrogen) atoms. The minimum atomic E-state index is 0.107. The predicted molar refractivity (Wildman–Crippen MR) is 69.8 cm³/mol. The van der Waals surface area contributed by atoms with E-state index in [0.717, 1.165) is 45.2 Å². The Kier molecular flexibility index (Phi) is 4.60. The summed E-state index contributed by atoms with van der Waals surface area (Å²) in [7, 11) is 1.99. The lowest BCUT2D eigenvalue weighted by Gasteiger charge is -2.35. The van der Waals surface area contributed by atoms with Crippen molar-refractivity contribution in [3.8, 4) is 6.07 Å². The molecule has 4 heteroatoms. The van der Waals surface area contributed by atoms with E-state index in [0.29, 0.717) is 6.54 Å². The highest BCUT2D eigenvalue weighted by atomic mass is 16.2. The third kappa shape index (κ3) is 3.02. The molecule has 2 atom stereocenters. The summed E-state index contributed by atoms with van der Waals surface area (Å²) in [5, 5.41) is 9.18. The predicted octanol–water partition coefficient (Wildman–Crippen LogP) is 1.62. The van der Waals surface area contributed by atoms with Crippen LogP contribution in [0.3, 0.4) is 0 Å². The van der Waals surface area contributed by atoms with Crippen LogP contribution in [0.2, 0.25) is 0 Å². The molecule has 100 valence electrons. The van der Waals surface area contributed by atoms with Gasteiger partial charge in [0.15, 0.2) is 0 Å². The smallest absolute Gasteiger partial charge is 0.236 e. The zero-order chi connectivity index (χ0) is 13.0. The van der Waals surface area contributed by atoms with E-state index in [1.165, 1.54) is 6.42 Å². The summed E-state index contributed by atoms with van der Waals surface area (Å²) in [5.74, 6) is 0.340. The van der Waals surface area contributed by atoms with Gasteiger partial charge < -0.3 is 4.90 Å². The maximum Gasteiger partial charge on any atom is 0.236 e. The van der Waals surface area contributed by atoms with Crippen LogP contribution in [0.4, 0.5) is 0 Å². The van der Waals surface area contributed by atoms with Gasteiger partial charge in [-0.05, 0) is 32.7 Å². The standard InChI is InChI=1S/C14H23N3O/c1-16(11-14(18)17-8-4-5-9-17)13-7-3-2-6-12(13)10-15/h12-13H,2-9,11H2,1H3. The van der Waals surface area contributed by atoms with Gasteiger partial charge in [0, 0.05) is 19.1 Å². The number of likely N-dealkylation sites (tertiary alicyclic amines) is 1. The molecular weight excluding hydrogens is 226 g/mol. The van der Waals surface area contributed by atoms with Gasteiger partial charge in [-0.2, -0.15) is 5.26 Å². The van der Waals surface area contributed by atoms with Crippen molar-refractivity contribution in [3.63, 3.8) is 0 Å². The first-order valence-electron chi connectivity index (χ1n) is 7.10. The first-order valence-corrected chi connectivity index (χ1v) is 7.10. The third-order valence-corrected chi connectivity index (χ3v) is 4.30. The number of amides is 1. The Morgan fingerprint density at radius 1 is 1.28 bits per heavy atom. The average molecular weight is 249 g/mol. The molecule has 2 rings (SSSR count). The van der Waals surface area contributed by atoms with Crippen molar-refractivity contribution in [1.82, 2.24) is 9.80 Å². The van der Waals surface area contributed by atoms with Gasteiger partial charge in [0.2, 0.25) is 5.91 Å². The molecule has 0 bridgehead atoms. The van der Waals surface area contributed by atoms with Gasteiger partial charge in [-0.1, -0.05) is 12.8 Å². The van der Waals surface area contributed by atoms with E-state index in [1.807, 2.05) is 11.9 Å². The highest BCUT2D eigenvalue weighted by Crippen LogP contribution is 2.27. The molecule has 0 radical (unpaired) electrons. The van der Waals surface area contributed by atoms with E-state index in [2.05, 4.69) is 11.0 Å². The first-order chi connectivity index (χ1) is 8.72. The maximum absolute atomic E-state index is 12.1. The number of hydrogen-bond acceptors (Lipinski definition) is 3. The Balaban J connectivity index is 1.87. The highest BCUT2D eigenvalue weighted by molar-refractivity contribution is 5.78. The fraction of sp³-hybridized carbons (Fsp3) is 0.857. The van der Waals surface area contributed by atoms with Crippen LogP contribution in [0.25, 0.3) is 0 Å². The molecule has 2 fully saturated rings. The zero-order valence-corrected chi connectivity index (χ0v) is 11.3. The largest absolute Gasteiger partial charge is 0.342 e. The van der Waals surface area contributed by atoms with E-state index in [4.69, 9.17) is 0 Å². The second-order valence-electron chi connectivity index (χ2n) is 5.59. The van der Waals surface area contributed by atoms with Gasteiger partial charge >= 0.3 is 0 Å². The van der Waals surface area contributed by atoms with Crippen molar-refractivity contribution in [3.05, 3.63) is 0 Å². The topological polar surface area (TPSA) is 47.3 Å². The molecule has 1 heterocycles. The van der Waals surface area contributed by atoms with E-state index in [-0.39, 0.29) is 17.9 Å². The Morgan fingerprint density at radius 3 is 2.61 bits per heavy atom. The fourth-order valence-electron chi connectivity index (χ4n) is 3.19. The molecule has 1 saturated carbocycles. The lowest BCUT2D eigenvalue weighted by molar-refractivity contribution is -0.131. The molecule has 0 spiro atoms. The molecule has 1 amide bonds. The number of nitriles is 1. The molecule has 1 aliphatic heterocycles. The van der Waals surface area contributed by atoms with E-state index < -0.39 is 0 Å². The minimum Gasteiger partial charge on any atom is -0.342 e. The van der Waals surface area contributed by atoms with E-state index in [9.17, 15) is 10.1 Å². The lowest BCUT2D eigenvalue weighted by Crippen LogP contribution is -2.45. The molecule has 2 unspecified atom stereocenters. The third-order valence-electron chi connectivity index (χ3n) is 4.30. The number of rotatable bonds is 3. The SMILES string of the molecule is CN(CC(=O)N1CCCC1)C1CCCCC1C#N. The first kappa shape index (κ1) is 13.4. The Labute approximate surface area is 110 Å². The second-order valence-corrected chi connectivity index (χ2v) is 5.59. The Bertz CT molecular complexity index is 330. The molecule has 0 aromatic rings. The lowest BCUT2D eigenvalue weighted by atomic mass is 9.84. The van der Waals surface area contributed by atoms with Crippen LogP contribution in [0, 0.1) is 17.2 Å². The van der Waals surface area contributed by atoms with Crippen LogP contribution in [0.1, 0.15) is 38.5 Å². The molecule has 2 aliphatic rings. The number of carbonyl (C=O) groups is 1. The second kappa shape index (κ2) is 6.19. The summed E-state index contributed by atoms with van der Waals surface area (Å²) >= 11 is 0. The van der Waals surface area contributed by atoms with E-state index in [1.54, 1.807) is 0 Å². The number of hydrogen-bond donors (Lipinski definition) is 0. The van der Waals surface area contributed by atoms with E-state index >= 15 is 0 Å². The van der Waals surface area contributed by atoms with Crippen molar-refractivity contribution < 1.29 is 4.79 Å². The Morgan fingerprint density at radius 2 is 1.94 bits per heavy atom. The van der Waals surface area contributed by atoms with Crippen LogP contribution >= 0.6 is 0 Å². The van der Waals surface area contributed by atoms with Crippen LogP contribution in [-0.2, 0) is 4.79 Å². The zero-order valence-electron chi connectivity index (χ0n) is 11.3.